The summed E-state index contributed by atoms with van der Waals surface area (Å²) in [5.74, 6) is 2.88. The van der Waals surface area contributed by atoms with Gasteiger partial charge < -0.3 is 0 Å². The van der Waals surface area contributed by atoms with Gasteiger partial charge in [0.2, 0.25) is 0 Å². The quantitative estimate of drug-likeness (QED) is 0.396. The number of allylic oxidation sites excluding steroid dienone is 4. The maximum Gasteiger partial charge on any atom is 0.0695 e. The van der Waals surface area contributed by atoms with Crippen LogP contribution < -0.4 is 10.9 Å². The van der Waals surface area contributed by atoms with E-state index >= 15 is 0 Å². The van der Waals surface area contributed by atoms with E-state index in [0.717, 1.165) is 30.3 Å². The van der Waals surface area contributed by atoms with Gasteiger partial charge in [-0.3, -0.25) is 9.97 Å². The van der Waals surface area contributed by atoms with Crippen molar-refractivity contribution in [3.63, 3.8) is 0 Å². The molecule has 5 aliphatic rings. The molecule has 0 saturated heterocycles. The largest absolute Gasteiger partial charge is 0.256 e. The first-order valence-corrected chi connectivity index (χ1v) is 15.7. The Kier molecular flexibility index (Phi) is 6.09. The Bertz CT molecular complexity index is 1060. The Morgan fingerprint density at radius 2 is 1.43 bits per heavy atom. The van der Waals surface area contributed by atoms with Gasteiger partial charge in [-0.15, -0.1) is 9.24 Å². The van der Waals surface area contributed by atoms with Gasteiger partial charge in [-0.2, -0.15) is 0 Å². The normalized spacial score (nSPS) is 31.4. The molecule has 0 amide bonds. The van der Waals surface area contributed by atoms with E-state index in [1.165, 1.54) is 49.4 Å². The van der Waals surface area contributed by atoms with Crippen molar-refractivity contribution in [3.8, 4) is 0 Å². The van der Waals surface area contributed by atoms with Gasteiger partial charge in [0.1, 0.15) is 0 Å². The third kappa shape index (κ3) is 3.99. The summed E-state index contributed by atoms with van der Waals surface area (Å²) in [6, 6.07) is 12.7. The highest BCUT2D eigenvalue weighted by Crippen LogP contribution is 2.71. The van der Waals surface area contributed by atoms with Crippen LogP contribution in [0.25, 0.3) is 0 Å². The van der Waals surface area contributed by atoms with Crippen molar-refractivity contribution in [2.24, 2.45) is 28.6 Å². The van der Waals surface area contributed by atoms with Crippen molar-refractivity contribution in [2.45, 2.75) is 70.9 Å². The van der Waals surface area contributed by atoms with E-state index in [0.29, 0.717) is 5.41 Å². The van der Waals surface area contributed by atoms with E-state index in [-0.39, 0.29) is 10.6 Å². The van der Waals surface area contributed by atoms with Gasteiger partial charge in [-0.25, -0.2) is 0 Å². The Labute approximate surface area is 215 Å². The van der Waals surface area contributed by atoms with Crippen molar-refractivity contribution < 1.29 is 0 Å². The standard InChI is InChI=1S/C31H40N2P2/c1-29(2,3)31(34,30-18-22-15-23(19-30)17-24(16-22)20-30)26-10-8-9-25(26)21-35(27-11-4-6-13-32-27)28-12-5-7-14-33-28/h4-9,11-14,22-24H,10,15-21,34H2,1-3H3. The predicted molar refractivity (Wildman–Crippen MR) is 153 cm³/mol. The van der Waals surface area contributed by atoms with Gasteiger partial charge in [-0.05, 0) is 103 Å². The van der Waals surface area contributed by atoms with E-state index in [4.69, 9.17) is 9.97 Å². The maximum absolute atomic E-state index is 4.82. The summed E-state index contributed by atoms with van der Waals surface area (Å²) >= 11 is 0. The van der Waals surface area contributed by atoms with Crippen LogP contribution in [0.4, 0.5) is 0 Å². The summed E-state index contributed by atoms with van der Waals surface area (Å²) < 4.78 is 0. The Balaban J connectivity index is 1.44. The Morgan fingerprint density at radius 3 is 1.89 bits per heavy atom. The molecule has 0 aromatic carbocycles. The molecule has 2 aromatic heterocycles. The summed E-state index contributed by atoms with van der Waals surface area (Å²) in [5, 5.41) is 0.129. The number of hydrogen-bond donors (Lipinski definition) is 0. The highest BCUT2D eigenvalue weighted by Gasteiger charge is 2.63. The Morgan fingerprint density at radius 1 is 0.886 bits per heavy atom. The van der Waals surface area contributed by atoms with E-state index < -0.39 is 7.92 Å². The first-order chi connectivity index (χ1) is 16.8. The van der Waals surface area contributed by atoms with Gasteiger partial charge in [0, 0.05) is 31.6 Å². The minimum Gasteiger partial charge on any atom is -0.256 e. The van der Waals surface area contributed by atoms with Crippen LogP contribution in [0.5, 0.6) is 0 Å². The third-order valence-electron chi connectivity index (χ3n) is 9.74. The molecule has 4 heteroatoms. The molecule has 2 unspecified atom stereocenters. The fourth-order valence-corrected chi connectivity index (χ4v) is 11.5. The predicted octanol–water partition coefficient (Wildman–Crippen LogP) is 7.04. The first kappa shape index (κ1) is 24.0. The molecule has 2 heterocycles. The second kappa shape index (κ2) is 8.89. The summed E-state index contributed by atoms with van der Waals surface area (Å²) in [6.45, 7) is 7.55. The zero-order chi connectivity index (χ0) is 24.3. The lowest BCUT2D eigenvalue weighted by Gasteiger charge is -2.67. The monoisotopic (exact) mass is 502 g/mol. The molecule has 2 aromatic rings. The van der Waals surface area contributed by atoms with Crippen LogP contribution in [-0.2, 0) is 0 Å². The minimum atomic E-state index is -0.645. The molecule has 0 N–H and O–H groups in total. The molecule has 2 nitrogen and oxygen atoms in total. The highest BCUT2D eigenvalue weighted by molar-refractivity contribution is 7.72. The van der Waals surface area contributed by atoms with Gasteiger partial charge >= 0.3 is 0 Å². The van der Waals surface area contributed by atoms with Crippen molar-refractivity contribution in [1.82, 2.24) is 9.97 Å². The van der Waals surface area contributed by atoms with Gasteiger partial charge in [-0.1, -0.05) is 50.6 Å². The van der Waals surface area contributed by atoms with Gasteiger partial charge in [0.15, 0.2) is 0 Å². The average molecular weight is 503 g/mol. The topological polar surface area (TPSA) is 25.8 Å². The number of aromatic nitrogens is 2. The maximum atomic E-state index is 4.82. The molecule has 0 aliphatic heterocycles. The van der Waals surface area contributed by atoms with Crippen molar-refractivity contribution in [2.75, 3.05) is 6.16 Å². The van der Waals surface area contributed by atoms with E-state index in [1.807, 2.05) is 24.5 Å². The second-order valence-corrected chi connectivity index (χ2v) is 15.8. The van der Waals surface area contributed by atoms with Crippen LogP contribution in [0.2, 0.25) is 0 Å². The number of rotatable bonds is 6. The fraction of sp³-hybridized carbons (Fsp3) is 0.548. The molecule has 4 fully saturated rings. The number of hydrogen-bond acceptors (Lipinski definition) is 2. The molecular weight excluding hydrogens is 462 g/mol. The number of nitrogens with zero attached hydrogens (tertiary/aromatic N) is 2. The summed E-state index contributed by atoms with van der Waals surface area (Å²) in [7, 11) is 2.91. The minimum absolute atomic E-state index is 0.129. The highest BCUT2D eigenvalue weighted by atomic mass is 31.1. The lowest BCUT2D eigenvalue weighted by Crippen LogP contribution is -2.61. The van der Waals surface area contributed by atoms with Crippen LogP contribution in [0.1, 0.15) is 65.7 Å². The van der Waals surface area contributed by atoms with Gasteiger partial charge in [0.05, 0.1) is 10.9 Å². The first-order valence-electron chi connectivity index (χ1n) is 13.6. The van der Waals surface area contributed by atoms with E-state index in [9.17, 15) is 0 Å². The van der Waals surface area contributed by atoms with Crippen molar-refractivity contribution >= 4 is 28.0 Å². The molecule has 35 heavy (non-hydrogen) atoms. The smallest absolute Gasteiger partial charge is 0.0695 e. The molecule has 5 aliphatic carbocycles. The fourth-order valence-electron chi connectivity index (χ4n) is 8.75. The molecule has 184 valence electrons. The van der Waals surface area contributed by atoms with Crippen LogP contribution >= 0.6 is 17.2 Å². The van der Waals surface area contributed by atoms with Crippen LogP contribution in [0.3, 0.4) is 0 Å². The van der Waals surface area contributed by atoms with Crippen LogP contribution in [0.15, 0.2) is 72.1 Å². The van der Waals surface area contributed by atoms with Crippen molar-refractivity contribution in [3.05, 3.63) is 72.1 Å². The lowest BCUT2D eigenvalue weighted by atomic mass is 9.42. The summed E-state index contributed by atoms with van der Waals surface area (Å²) in [6.07, 6.45) is 19.7. The molecular formula is C31H40N2P2. The third-order valence-corrected chi connectivity index (χ3v) is 13.9. The van der Waals surface area contributed by atoms with Crippen LogP contribution in [-0.4, -0.2) is 21.3 Å². The van der Waals surface area contributed by atoms with Gasteiger partial charge in [0.25, 0.3) is 0 Å². The molecule has 7 rings (SSSR count). The summed E-state index contributed by atoms with van der Waals surface area (Å²) in [5.41, 5.74) is 6.26. The van der Waals surface area contributed by atoms with Crippen LogP contribution in [0, 0.1) is 28.6 Å². The lowest BCUT2D eigenvalue weighted by molar-refractivity contribution is -0.0890. The molecule has 0 radical (unpaired) electrons. The van der Waals surface area contributed by atoms with Crippen molar-refractivity contribution in [1.29, 1.82) is 0 Å². The molecule has 4 saturated carbocycles. The summed E-state index contributed by atoms with van der Waals surface area (Å²) in [4.78, 5) is 9.65. The molecule has 2 atom stereocenters. The second-order valence-electron chi connectivity index (χ2n) is 12.8. The van der Waals surface area contributed by atoms with E-state index in [1.54, 1.807) is 11.1 Å². The average Bonchev–Trinajstić information content (AvgIpc) is 3.30. The molecule has 4 bridgehead atoms. The number of pyridine rings is 2. The Hall–Kier alpha value is -1.36. The SMILES string of the molecule is CC(C)(C)C(P)(C1=C(CP(c2ccccn2)c2ccccn2)C=CC1)C12CC3CC(CC(C3)C1)C2. The molecule has 0 spiro atoms. The van der Waals surface area contributed by atoms with E-state index in [2.05, 4.69) is 66.4 Å². The zero-order valence-electron chi connectivity index (χ0n) is 21.6. The zero-order valence-corrected chi connectivity index (χ0v) is 23.6.